The van der Waals surface area contributed by atoms with Gasteiger partial charge in [0.2, 0.25) is 0 Å². The SMILES string of the molecule is OCc1[nH]c(CO)c(I)c1I. The molecule has 0 unspecified atom stereocenters. The van der Waals surface area contributed by atoms with Crippen molar-refractivity contribution >= 4 is 45.2 Å². The Morgan fingerprint density at radius 2 is 1.36 bits per heavy atom. The van der Waals surface area contributed by atoms with Crippen LogP contribution in [0.5, 0.6) is 0 Å². The molecule has 0 spiro atoms. The number of aromatic nitrogens is 1. The summed E-state index contributed by atoms with van der Waals surface area (Å²) in [4.78, 5) is 2.93. The second-order valence-electron chi connectivity index (χ2n) is 2.03. The predicted molar refractivity (Wildman–Crippen MR) is 58.1 cm³/mol. The lowest BCUT2D eigenvalue weighted by Gasteiger charge is -1.89. The van der Waals surface area contributed by atoms with Crippen molar-refractivity contribution in [2.45, 2.75) is 13.2 Å². The maximum atomic E-state index is 8.83. The van der Waals surface area contributed by atoms with Crippen LogP contribution in [0, 0.1) is 7.14 Å². The van der Waals surface area contributed by atoms with Crippen LogP contribution in [0.25, 0.3) is 0 Å². The van der Waals surface area contributed by atoms with Crippen LogP contribution in [0.15, 0.2) is 0 Å². The first kappa shape index (κ1) is 9.75. The molecule has 0 radical (unpaired) electrons. The Morgan fingerprint density at radius 3 is 1.55 bits per heavy atom. The summed E-state index contributed by atoms with van der Waals surface area (Å²) in [7, 11) is 0. The zero-order chi connectivity index (χ0) is 8.43. The molecule has 5 heteroatoms. The predicted octanol–water partition coefficient (Wildman–Crippen LogP) is 1.21. The van der Waals surface area contributed by atoms with E-state index < -0.39 is 0 Å². The fourth-order valence-corrected chi connectivity index (χ4v) is 2.04. The largest absolute Gasteiger partial charge is 0.390 e. The quantitative estimate of drug-likeness (QED) is 0.677. The highest BCUT2D eigenvalue weighted by atomic mass is 127. The molecule has 0 amide bonds. The third kappa shape index (κ3) is 1.87. The summed E-state index contributed by atoms with van der Waals surface area (Å²) >= 11 is 4.28. The van der Waals surface area contributed by atoms with Gasteiger partial charge >= 0.3 is 0 Å². The fraction of sp³-hybridized carbons (Fsp3) is 0.333. The summed E-state index contributed by atoms with van der Waals surface area (Å²) in [6, 6.07) is 0. The van der Waals surface area contributed by atoms with Crippen LogP contribution in [-0.2, 0) is 13.2 Å². The number of aliphatic hydroxyl groups excluding tert-OH is 2. The molecule has 0 aliphatic rings. The minimum absolute atomic E-state index is 0.00568. The van der Waals surface area contributed by atoms with Crippen molar-refractivity contribution in [3.05, 3.63) is 18.5 Å². The third-order valence-electron chi connectivity index (χ3n) is 1.34. The van der Waals surface area contributed by atoms with E-state index in [-0.39, 0.29) is 13.2 Å². The minimum atomic E-state index is -0.00568. The Labute approximate surface area is 91.5 Å². The van der Waals surface area contributed by atoms with Gasteiger partial charge in [0.15, 0.2) is 0 Å². The molecular formula is C6H7I2NO2. The number of nitrogens with one attached hydrogen (secondary N) is 1. The number of H-pyrrole nitrogens is 1. The molecule has 62 valence electrons. The second kappa shape index (κ2) is 4.06. The fourth-order valence-electron chi connectivity index (χ4n) is 0.775. The van der Waals surface area contributed by atoms with Gasteiger partial charge in [-0.05, 0) is 45.2 Å². The number of hydrogen-bond donors (Lipinski definition) is 3. The van der Waals surface area contributed by atoms with E-state index in [2.05, 4.69) is 50.2 Å². The van der Waals surface area contributed by atoms with Gasteiger partial charge in [0.25, 0.3) is 0 Å². The van der Waals surface area contributed by atoms with E-state index >= 15 is 0 Å². The maximum Gasteiger partial charge on any atom is 0.0842 e. The lowest BCUT2D eigenvalue weighted by molar-refractivity contribution is 0.268. The molecule has 1 aromatic heterocycles. The van der Waals surface area contributed by atoms with E-state index in [1.807, 2.05) is 0 Å². The van der Waals surface area contributed by atoms with Crippen molar-refractivity contribution in [2.75, 3.05) is 0 Å². The number of hydrogen-bond acceptors (Lipinski definition) is 2. The summed E-state index contributed by atoms with van der Waals surface area (Å²) in [5.41, 5.74) is 1.55. The Morgan fingerprint density at radius 1 is 1.00 bits per heavy atom. The van der Waals surface area contributed by atoms with Crippen molar-refractivity contribution < 1.29 is 10.2 Å². The van der Waals surface area contributed by atoms with E-state index in [1.54, 1.807) is 0 Å². The van der Waals surface area contributed by atoms with Gasteiger partial charge in [-0.1, -0.05) is 0 Å². The van der Waals surface area contributed by atoms with E-state index in [0.29, 0.717) is 0 Å². The zero-order valence-electron chi connectivity index (χ0n) is 5.56. The van der Waals surface area contributed by atoms with Crippen LogP contribution >= 0.6 is 45.2 Å². The molecule has 0 aliphatic carbocycles. The molecule has 0 fully saturated rings. The second-order valence-corrected chi connectivity index (χ2v) is 4.18. The van der Waals surface area contributed by atoms with Crippen LogP contribution in [0.1, 0.15) is 11.4 Å². The van der Waals surface area contributed by atoms with Gasteiger partial charge in [-0.3, -0.25) is 0 Å². The summed E-state index contributed by atoms with van der Waals surface area (Å²) in [6.07, 6.45) is 0. The average Bonchev–Trinajstić information content (AvgIpc) is 2.30. The monoisotopic (exact) mass is 379 g/mol. The van der Waals surface area contributed by atoms with Crippen molar-refractivity contribution in [2.24, 2.45) is 0 Å². The average molecular weight is 379 g/mol. The van der Waals surface area contributed by atoms with Gasteiger partial charge in [0.05, 0.1) is 24.6 Å². The summed E-state index contributed by atoms with van der Waals surface area (Å²) < 4.78 is 1.99. The van der Waals surface area contributed by atoms with Crippen LogP contribution in [0.2, 0.25) is 0 Å². The molecule has 0 saturated carbocycles. The molecule has 1 rings (SSSR count). The van der Waals surface area contributed by atoms with Crippen LogP contribution in [0.4, 0.5) is 0 Å². The Kier molecular flexibility index (Phi) is 3.59. The van der Waals surface area contributed by atoms with Crippen molar-refractivity contribution in [3.63, 3.8) is 0 Å². The topological polar surface area (TPSA) is 56.2 Å². The lowest BCUT2D eigenvalue weighted by atomic mass is 10.4. The Hall–Kier alpha value is 0.660. The zero-order valence-corrected chi connectivity index (χ0v) is 9.88. The lowest BCUT2D eigenvalue weighted by Crippen LogP contribution is -1.86. The summed E-state index contributed by atoms with van der Waals surface area (Å²) in [6.45, 7) is -0.0114. The smallest absolute Gasteiger partial charge is 0.0842 e. The highest BCUT2D eigenvalue weighted by Gasteiger charge is 2.10. The number of aliphatic hydroxyl groups is 2. The molecule has 3 nitrogen and oxygen atoms in total. The van der Waals surface area contributed by atoms with Gasteiger partial charge in [-0.2, -0.15) is 0 Å². The third-order valence-corrected chi connectivity index (χ3v) is 4.75. The molecule has 0 aliphatic heterocycles. The summed E-state index contributed by atoms with van der Waals surface area (Å²) in [5.74, 6) is 0. The summed E-state index contributed by atoms with van der Waals surface area (Å²) in [5, 5.41) is 17.7. The Balaban J connectivity index is 3.12. The van der Waals surface area contributed by atoms with Crippen molar-refractivity contribution in [1.29, 1.82) is 0 Å². The van der Waals surface area contributed by atoms with E-state index in [9.17, 15) is 0 Å². The molecule has 0 saturated heterocycles. The van der Waals surface area contributed by atoms with Crippen LogP contribution in [0.3, 0.4) is 0 Å². The number of rotatable bonds is 2. The minimum Gasteiger partial charge on any atom is -0.390 e. The highest BCUT2D eigenvalue weighted by Crippen LogP contribution is 2.22. The van der Waals surface area contributed by atoms with E-state index in [0.717, 1.165) is 18.5 Å². The molecule has 0 aromatic carbocycles. The van der Waals surface area contributed by atoms with E-state index in [1.165, 1.54) is 0 Å². The first-order valence-corrected chi connectivity index (χ1v) is 5.13. The molecule has 0 atom stereocenters. The number of aromatic amines is 1. The van der Waals surface area contributed by atoms with Gasteiger partial charge in [0, 0.05) is 7.14 Å². The molecule has 1 aromatic rings. The highest BCUT2D eigenvalue weighted by molar-refractivity contribution is 14.1. The van der Waals surface area contributed by atoms with E-state index in [4.69, 9.17) is 10.2 Å². The van der Waals surface area contributed by atoms with Gasteiger partial charge in [-0.15, -0.1) is 0 Å². The van der Waals surface area contributed by atoms with Crippen molar-refractivity contribution in [1.82, 2.24) is 4.98 Å². The van der Waals surface area contributed by atoms with Crippen molar-refractivity contribution in [3.8, 4) is 0 Å². The van der Waals surface area contributed by atoms with Crippen LogP contribution < -0.4 is 0 Å². The molecule has 0 bridgehead atoms. The Bertz CT molecular complexity index is 235. The first-order valence-electron chi connectivity index (χ1n) is 2.97. The maximum absolute atomic E-state index is 8.83. The van der Waals surface area contributed by atoms with Gasteiger partial charge in [-0.25, -0.2) is 0 Å². The first-order chi connectivity index (χ1) is 5.20. The normalized spacial score (nSPS) is 10.5. The van der Waals surface area contributed by atoms with Crippen LogP contribution in [-0.4, -0.2) is 15.2 Å². The van der Waals surface area contributed by atoms with Gasteiger partial charge < -0.3 is 15.2 Å². The molecule has 11 heavy (non-hydrogen) atoms. The number of halogens is 2. The molecule has 3 N–H and O–H groups in total. The molecular weight excluding hydrogens is 372 g/mol. The molecule has 1 heterocycles. The standard InChI is InChI=1S/C6H7I2NO2/c7-5-3(1-10)9-4(2-11)6(5)8/h9-11H,1-2H2. The van der Waals surface area contributed by atoms with Gasteiger partial charge in [0.1, 0.15) is 0 Å².